The largest absolute Gasteiger partial charge is 0.394 e. The topological polar surface area (TPSA) is 75.4 Å². The summed E-state index contributed by atoms with van der Waals surface area (Å²) in [6, 6.07) is 0. The molecule has 17 heavy (non-hydrogen) atoms. The number of hydrogen-bond acceptors (Lipinski definition) is 3. The van der Waals surface area contributed by atoms with E-state index in [0.29, 0.717) is 18.9 Å². The maximum absolute atomic E-state index is 11.9. The fourth-order valence-corrected chi connectivity index (χ4v) is 2.46. The number of amides is 1. The zero-order valence-corrected chi connectivity index (χ0v) is 11.0. The number of carbonyl (C=O) groups excluding carboxylic acids is 1. The van der Waals surface area contributed by atoms with Crippen molar-refractivity contribution in [2.24, 2.45) is 17.6 Å². The quantitative estimate of drug-likeness (QED) is 0.624. The van der Waals surface area contributed by atoms with Crippen molar-refractivity contribution < 1.29 is 9.90 Å². The van der Waals surface area contributed by atoms with Crippen LogP contribution in [0.25, 0.3) is 0 Å². The summed E-state index contributed by atoms with van der Waals surface area (Å²) < 4.78 is 0. The lowest BCUT2D eigenvalue weighted by Crippen LogP contribution is -2.56. The molecule has 0 aliphatic heterocycles. The van der Waals surface area contributed by atoms with Crippen molar-refractivity contribution in [1.82, 2.24) is 5.32 Å². The smallest absolute Gasteiger partial charge is 0.220 e. The second-order valence-corrected chi connectivity index (χ2v) is 5.78. The van der Waals surface area contributed by atoms with Gasteiger partial charge in [-0.15, -0.1) is 0 Å². The molecule has 1 amide bonds. The zero-order valence-electron chi connectivity index (χ0n) is 11.0. The van der Waals surface area contributed by atoms with Crippen molar-refractivity contribution in [3.63, 3.8) is 0 Å². The molecule has 4 N–H and O–H groups in total. The van der Waals surface area contributed by atoms with Crippen molar-refractivity contribution in [1.29, 1.82) is 0 Å². The highest BCUT2D eigenvalue weighted by Crippen LogP contribution is 2.31. The van der Waals surface area contributed by atoms with Crippen molar-refractivity contribution in [2.75, 3.05) is 13.2 Å². The van der Waals surface area contributed by atoms with Gasteiger partial charge in [0.1, 0.15) is 0 Å². The molecule has 0 aromatic rings. The molecule has 0 saturated heterocycles. The van der Waals surface area contributed by atoms with Crippen LogP contribution in [-0.2, 0) is 4.79 Å². The van der Waals surface area contributed by atoms with Crippen LogP contribution in [0.4, 0.5) is 0 Å². The summed E-state index contributed by atoms with van der Waals surface area (Å²) in [7, 11) is 0. The molecule has 0 spiro atoms. The van der Waals surface area contributed by atoms with Crippen LogP contribution in [0.1, 0.15) is 46.0 Å². The van der Waals surface area contributed by atoms with Gasteiger partial charge >= 0.3 is 0 Å². The molecule has 0 heterocycles. The molecule has 0 aromatic heterocycles. The number of aliphatic hydroxyl groups is 1. The standard InChI is InChI=1S/C13H26N2O2/c1-10(2)6-11(8-14)7-12(17)15-13(9-16)4-3-5-13/h10-11,16H,3-9,14H2,1-2H3,(H,15,17). The van der Waals surface area contributed by atoms with Crippen molar-refractivity contribution in [3.8, 4) is 0 Å². The van der Waals surface area contributed by atoms with Gasteiger partial charge in [-0.2, -0.15) is 0 Å². The molecule has 0 aromatic carbocycles. The summed E-state index contributed by atoms with van der Waals surface area (Å²) in [6.45, 7) is 4.89. The van der Waals surface area contributed by atoms with Crippen LogP contribution in [0, 0.1) is 11.8 Å². The fourth-order valence-electron chi connectivity index (χ4n) is 2.46. The van der Waals surface area contributed by atoms with Gasteiger partial charge in [-0.1, -0.05) is 13.8 Å². The number of carbonyl (C=O) groups is 1. The molecule has 4 heteroatoms. The van der Waals surface area contributed by atoms with Crippen molar-refractivity contribution >= 4 is 5.91 Å². The lowest BCUT2D eigenvalue weighted by molar-refractivity contribution is -0.126. The van der Waals surface area contributed by atoms with Crippen LogP contribution in [0.5, 0.6) is 0 Å². The number of rotatable bonds is 7. The first-order chi connectivity index (χ1) is 8.01. The van der Waals surface area contributed by atoms with Gasteiger partial charge in [0.15, 0.2) is 0 Å². The summed E-state index contributed by atoms with van der Waals surface area (Å²) in [4.78, 5) is 11.9. The van der Waals surface area contributed by atoms with Gasteiger partial charge in [0.05, 0.1) is 12.1 Å². The molecular formula is C13H26N2O2. The summed E-state index contributed by atoms with van der Waals surface area (Å²) in [5.41, 5.74) is 5.36. The summed E-state index contributed by atoms with van der Waals surface area (Å²) >= 11 is 0. The van der Waals surface area contributed by atoms with E-state index in [4.69, 9.17) is 5.73 Å². The van der Waals surface area contributed by atoms with E-state index in [1.54, 1.807) is 0 Å². The normalized spacial score (nSPS) is 19.8. The third kappa shape index (κ3) is 4.28. The Labute approximate surface area is 104 Å². The van der Waals surface area contributed by atoms with E-state index in [2.05, 4.69) is 19.2 Å². The third-order valence-electron chi connectivity index (χ3n) is 3.63. The SMILES string of the molecule is CC(C)CC(CN)CC(=O)NC1(CO)CCC1. The molecule has 1 aliphatic carbocycles. The van der Waals surface area contributed by atoms with E-state index in [1.807, 2.05) is 0 Å². The Bertz CT molecular complexity index is 244. The number of nitrogens with one attached hydrogen (secondary N) is 1. The maximum atomic E-state index is 11.9. The van der Waals surface area contributed by atoms with Crippen LogP contribution in [0.3, 0.4) is 0 Å². The first-order valence-electron chi connectivity index (χ1n) is 6.63. The van der Waals surface area contributed by atoms with Gasteiger partial charge in [-0.25, -0.2) is 0 Å². The molecule has 0 bridgehead atoms. The van der Waals surface area contributed by atoms with E-state index >= 15 is 0 Å². The molecule has 1 unspecified atom stereocenters. The lowest BCUT2D eigenvalue weighted by atomic mass is 9.77. The van der Waals surface area contributed by atoms with Crippen LogP contribution in [0.15, 0.2) is 0 Å². The molecular weight excluding hydrogens is 216 g/mol. The molecule has 1 saturated carbocycles. The third-order valence-corrected chi connectivity index (χ3v) is 3.63. The molecule has 100 valence electrons. The van der Waals surface area contributed by atoms with Crippen LogP contribution in [0.2, 0.25) is 0 Å². The molecule has 0 radical (unpaired) electrons. The van der Waals surface area contributed by atoms with Crippen molar-refractivity contribution in [2.45, 2.75) is 51.5 Å². The van der Waals surface area contributed by atoms with Crippen molar-refractivity contribution in [3.05, 3.63) is 0 Å². The van der Waals surface area contributed by atoms with Gasteiger partial charge < -0.3 is 16.2 Å². The molecule has 1 fully saturated rings. The predicted molar refractivity (Wildman–Crippen MR) is 68.4 cm³/mol. The lowest BCUT2D eigenvalue weighted by Gasteiger charge is -2.41. The van der Waals surface area contributed by atoms with E-state index in [9.17, 15) is 9.90 Å². The number of hydrogen-bond donors (Lipinski definition) is 3. The minimum atomic E-state index is -0.325. The first-order valence-corrected chi connectivity index (χ1v) is 6.63. The summed E-state index contributed by atoms with van der Waals surface area (Å²) in [6.07, 6.45) is 4.35. The predicted octanol–water partition coefficient (Wildman–Crippen LogP) is 1.03. The Hall–Kier alpha value is -0.610. The number of aliphatic hydroxyl groups excluding tert-OH is 1. The van der Waals surface area contributed by atoms with E-state index in [1.165, 1.54) is 0 Å². The number of nitrogens with two attached hydrogens (primary N) is 1. The highest BCUT2D eigenvalue weighted by molar-refractivity contribution is 5.77. The fraction of sp³-hybridized carbons (Fsp3) is 0.923. The second-order valence-electron chi connectivity index (χ2n) is 5.78. The minimum Gasteiger partial charge on any atom is -0.394 e. The Balaban J connectivity index is 2.36. The minimum absolute atomic E-state index is 0.0369. The molecule has 4 nitrogen and oxygen atoms in total. The Kier molecular flexibility index (Phi) is 5.40. The van der Waals surface area contributed by atoms with Crippen LogP contribution in [-0.4, -0.2) is 29.7 Å². The highest BCUT2D eigenvalue weighted by Gasteiger charge is 2.37. The van der Waals surface area contributed by atoms with Gasteiger partial charge in [0.2, 0.25) is 5.91 Å². The first kappa shape index (κ1) is 14.5. The molecule has 1 rings (SSSR count). The van der Waals surface area contributed by atoms with Gasteiger partial charge in [0.25, 0.3) is 0 Å². The van der Waals surface area contributed by atoms with E-state index in [0.717, 1.165) is 25.7 Å². The Morgan fingerprint density at radius 1 is 1.47 bits per heavy atom. The molecule has 1 atom stereocenters. The second kappa shape index (κ2) is 6.36. The molecule has 1 aliphatic rings. The van der Waals surface area contributed by atoms with E-state index < -0.39 is 0 Å². The van der Waals surface area contributed by atoms with Crippen LogP contribution < -0.4 is 11.1 Å². The average molecular weight is 242 g/mol. The Morgan fingerprint density at radius 3 is 2.47 bits per heavy atom. The Morgan fingerprint density at radius 2 is 2.12 bits per heavy atom. The van der Waals surface area contributed by atoms with E-state index in [-0.39, 0.29) is 24.0 Å². The maximum Gasteiger partial charge on any atom is 0.220 e. The zero-order chi connectivity index (χ0) is 12.9. The summed E-state index contributed by atoms with van der Waals surface area (Å²) in [5, 5.41) is 12.3. The van der Waals surface area contributed by atoms with Gasteiger partial charge in [0, 0.05) is 6.42 Å². The average Bonchev–Trinajstić information content (AvgIpc) is 2.21. The summed E-state index contributed by atoms with van der Waals surface area (Å²) in [5.74, 6) is 0.854. The van der Waals surface area contributed by atoms with Crippen LogP contribution >= 0.6 is 0 Å². The van der Waals surface area contributed by atoms with Gasteiger partial charge in [-0.05, 0) is 44.1 Å². The monoisotopic (exact) mass is 242 g/mol. The van der Waals surface area contributed by atoms with Gasteiger partial charge in [-0.3, -0.25) is 4.79 Å². The highest BCUT2D eigenvalue weighted by atomic mass is 16.3.